The second-order valence-electron chi connectivity index (χ2n) is 9.96. The van der Waals surface area contributed by atoms with Crippen LogP contribution in [0.2, 0.25) is 5.02 Å². The van der Waals surface area contributed by atoms with Crippen LogP contribution in [0.25, 0.3) is 16.1 Å². The second-order valence-corrected chi connectivity index (χ2v) is 13.5. The number of halogens is 1. The van der Waals surface area contributed by atoms with Gasteiger partial charge >= 0.3 is 0 Å². The summed E-state index contributed by atoms with van der Waals surface area (Å²) in [5.74, 6) is 1.19. The highest BCUT2D eigenvalue weighted by Crippen LogP contribution is 2.39. The van der Waals surface area contributed by atoms with Crippen LogP contribution < -0.4 is 25.2 Å². The van der Waals surface area contributed by atoms with E-state index in [2.05, 4.69) is 10.7 Å². The van der Waals surface area contributed by atoms with Gasteiger partial charge in [0.15, 0.2) is 21.3 Å². The molecule has 216 valence electrons. The van der Waals surface area contributed by atoms with E-state index >= 15 is 0 Å². The van der Waals surface area contributed by atoms with Gasteiger partial charge in [-0.3, -0.25) is 9.80 Å². The molecule has 4 aromatic rings. The minimum atomic E-state index is -3.34. The van der Waals surface area contributed by atoms with E-state index in [9.17, 15) is 13.2 Å². The molecule has 11 heteroatoms. The first kappa shape index (κ1) is 28.3. The number of hydrogen-bond acceptors (Lipinski definition) is 8. The van der Waals surface area contributed by atoms with Crippen LogP contribution in [0.4, 0.5) is 5.69 Å². The van der Waals surface area contributed by atoms with Crippen molar-refractivity contribution in [1.29, 1.82) is 0 Å². The third-order valence-corrected chi connectivity index (χ3v) is 9.48. The largest absolute Gasteiger partial charge is 0.490 e. The van der Waals surface area contributed by atoms with Gasteiger partial charge in [-0.1, -0.05) is 41.9 Å². The molecule has 1 aromatic heterocycles. The van der Waals surface area contributed by atoms with E-state index in [4.69, 9.17) is 21.1 Å². The Labute approximate surface area is 253 Å². The predicted molar refractivity (Wildman–Crippen MR) is 166 cm³/mol. The van der Waals surface area contributed by atoms with Crippen LogP contribution in [0.5, 0.6) is 11.5 Å². The number of thiophene rings is 1. The van der Waals surface area contributed by atoms with Crippen LogP contribution in [0.1, 0.15) is 16.9 Å². The summed E-state index contributed by atoms with van der Waals surface area (Å²) in [5, 5.41) is 5.37. The van der Waals surface area contributed by atoms with Gasteiger partial charge in [-0.2, -0.15) is 0 Å². The van der Waals surface area contributed by atoms with Gasteiger partial charge in [0, 0.05) is 24.1 Å². The summed E-state index contributed by atoms with van der Waals surface area (Å²) in [6.07, 6.45) is 3.89. The Morgan fingerprint density at radius 3 is 2.60 bits per heavy atom. The number of fused-ring (bicyclic) bond motifs is 1. The zero-order chi connectivity index (χ0) is 29.3. The van der Waals surface area contributed by atoms with E-state index in [0.717, 1.165) is 33.0 Å². The Balaban J connectivity index is 1.25. The summed E-state index contributed by atoms with van der Waals surface area (Å²) >= 11 is 8.07. The van der Waals surface area contributed by atoms with Crippen LogP contribution in [0.3, 0.4) is 0 Å². The van der Waals surface area contributed by atoms with Crippen molar-refractivity contribution in [2.24, 2.45) is 0 Å². The standard InChI is InChI=1S/C31H28ClN3O5S2/c1-42(37,38)22-7-4-6-21(17-22)29-12-13-30(41-29)26-18-24(34-35(26)25-9-3-2-8-23(25)32)31(36)33-19-20-10-11-27-28(16-20)40-15-5-14-39-27/h2-4,6-13,16-18,24,34H,5,14-15,19H2,1H3,(H,33,36). The molecule has 1 unspecified atom stereocenters. The molecule has 2 N–H and O–H groups in total. The highest BCUT2D eigenvalue weighted by atomic mass is 35.5. The Bertz CT molecular complexity index is 1790. The van der Waals surface area contributed by atoms with E-state index in [1.807, 2.05) is 65.7 Å². The van der Waals surface area contributed by atoms with Gasteiger partial charge in [0.05, 0.1) is 39.4 Å². The molecule has 0 radical (unpaired) electrons. The molecule has 3 heterocycles. The van der Waals surface area contributed by atoms with Crippen molar-refractivity contribution in [2.45, 2.75) is 23.9 Å². The second kappa shape index (κ2) is 11.8. The zero-order valence-corrected chi connectivity index (χ0v) is 25.1. The van der Waals surface area contributed by atoms with Crippen LogP contribution >= 0.6 is 22.9 Å². The molecular weight excluding hydrogens is 594 g/mol. The maximum absolute atomic E-state index is 13.4. The summed E-state index contributed by atoms with van der Waals surface area (Å²) in [6, 6.07) is 23.2. The number of hydrogen-bond donors (Lipinski definition) is 2. The Hall–Kier alpha value is -3.83. The molecule has 0 saturated heterocycles. The number of sulfone groups is 1. The summed E-state index contributed by atoms with van der Waals surface area (Å²) in [7, 11) is -3.34. The van der Waals surface area contributed by atoms with Crippen molar-refractivity contribution in [1.82, 2.24) is 10.7 Å². The normalized spacial score (nSPS) is 16.6. The SMILES string of the molecule is CS(=O)(=O)c1cccc(-c2ccc(C3=CC(C(=O)NCc4ccc5c(c4)OCCCO5)NN3c3ccccc3Cl)s2)c1. The van der Waals surface area contributed by atoms with Crippen molar-refractivity contribution in [2.75, 3.05) is 24.5 Å². The monoisotopic (exact) mass is 621 g/mol. The van der Waals surface area contributed by atoms with E-state index in [1.54, 1.807) is 24.3 Å². The summed E-state index contributed by atoms with van der Waals surface area (Å²) in [4.78, 5) is 15.4. The number of nitrogens with zero attached hydrogens (tertiary/aromatic N) is 1. The number of nitrogens with one attached hydrogen (secondary N) is 2. The third-order valence-electron chi connectivity index (χ3n) is 6.89. The average molecular weight is 622 g/mol. The summed E-state index contributed by atoms with van der Waals surface area (Å²) in [6.45, 7) is 1.53. The van der Waals surface area contributed by atoms with Crippen LogP contribution in [-0.4, -0.2) is 39.8 Å². The first-order chi connectivity index (χ1) is 20.3. The molecular formula is C31H28ClN3O5S2. The highest BCUT2D eigenvalue weighted by molar-refractivity contribution is 7.90. The van der Waals surface area contributed by atoms with Crippen molar-refractivity contribution in [3.8, 4) is 21.9 Å². The molecule has 0 aliphatic carbocycles. The lowest BCUT2D eigenvalue weighted by molar-refractivity contribution is -0.122. The number of ether oxygens (including phenoxy) is 2. The van der Waals surface area contributed by atoms with Crippen molar-refractivity contribution in [3.63, 3.8) is 0 Å². The van der Waals surface area contributed by atoms with Gasteiger partial charge in [0.2, 0.25) is 5.91 Å². The number of anilines is 1. The number of carbonyl (C=O) groups excluding carboxylic acids is 1. The molecule has 8 nitrogen and oxygen atoms in total. The van der Waals surface area contributed by atoms with Gasteiger partial charge in [-0.25, -0.2) is 13.8 Å². The van der Waals surface area contributed by atoms with Crippen molar-refractivity contribution in [3.05, 3.63) is 100 Å². The maximum atomic E-state index is 13.4. The fourth-order valence-electron chi connectivity index (χ4n) is 4.76. The third kappa shape index (κ3) is 6.03. The Morgan fingerprint density at radius 2 is 1.79 bits per heavy atom. The molecule has 2 aliphatic heterocycles. The molecule has 1 atom stereocenters. The minimum Gasteiger partial charge on any atom is -0.490 e. The highest BCUT2D eigenvalue weighted by Gasteiger charge is 2.31. The van der Waals surface area contributed by atoms with Gasteiger partial charge < -0.3 is 14.8 Å². The Kier molecular flexibility index (Phi) is 7.96. The molecule has 3 aromatic carbocycles. The molecule has 6 rings (SSSR count). The number of carbonyl (C=O) groups is 1. The fourth-order valence-corrected chi connectivity index (χ4v) is 6.67. The maximum Gasteiger partial charge on any atom is 0.243 e. The molecule has 0 bridgehead atoms. The van der Waals surface area contributed by atoms with Gasteiger partial charge in [-0.15, -0.1) is 11.3 Å². The van der Waals surface area contributed by atoms with E-state index < -0.39 is 15.9 Å². The molecule has 0 saturated carbocycles. The summed E-state index contributed by atoms with van der Waals surface area (Å²) in [5.41, 5.74) is 6.47. The lowest BCUT2D eigenvalue weighted by atomic mass is 10.2. The Morgan fingerprint density at radius 1 is 1.00 bits per heavy atom. The first-order valence-electron chi connectivity index (χ1n) is 13.4. The topological polar surface area (TPSA) is 97.0 Å². The van der Waals surface area contributed by atoms with E-state index in [1.165, 1.54) is 17.6 Å². The van der Waals surface area contributed by atoms with E-state index in [-0.39, 0.29) is 10.8 Å². The smallest absolute Gasteiger partial charge is 0.243 e. The minimum absolute atomic E-state index is 0.202. The summed E-state index contributed by atoms with van der Waals surface area (Å²) < 4.78 is 35.7. The first-order valence-corrected chi connectivity index (χ1v) is 16.4. The number of amides is 1. The lowest BCUT2D eigenvalue weighted by Gasteiger charge is -2.24. The molecule has 1 amide bonds. The van der Waals surface area contributed by atoms with E-state index in [0.29, 0.717) is 42.0 Å². The zero-order valence-electron chi connectivity index (χ0n) is 22.7. The van der Waals surface area contributed by atoms with Gasteiger partial charge in [0.25, 0.3) is 0 Å². The van der Waals surface area contributed by atoms with Crippen molar-refractivity contribution < 1.29 is 22.7 Å². The fraction of sp³-hybridized carbons (Fsp3) is 0.194. The van der Waals surface area contributed by atoms with Crippen molar-refractivity contribution >= 4 is 50.1 Å². The molecule has 0 spiro atoms. The number of hydrazine groups is 1. The number of para-hydroxylation sites is 1. The number of rotatable bonds is 7. The van der Waals surface area contributed by atoms with Gasteiger partial charge in [-0.05, 0) is 65.7 Å². The predicted octanol–water partition coefficient (Wildman–Crippen LogP) is 5.68. The molecule has 0 fully saturated rings. The molecule has 42 heavy (non-hydrogen) atoms. The van der Waals surface area contributed by atoms with Gasteiger partial charge in [0.1, 0.15) is 6.04 Å². The quantitative estimate of drug-likeness (QED) is 0.274. The average Bonchev–Trinajstić information content (AvgIpc) is 3.58. The lowest BCUT2D eigenvalue weighted by Crippen LogP contribution is -2.45. The van der Waals surface area contributed by atoms with Crippen LogP contribution in [-0.2, 0) is 21.2 Å². The van der Waals surface area contributed by atoms with Crippen LogP contribution in [0.15, 0.2) is 89.8 Å². The van der Waals surface area contributed by atoms with Crippen LogP contribution in [0, 0.1) is 0 Å². The number of benzene rings is 3. The molecule has 2 aliphatic rings.